The summed E-state index contributed by atoms with van der Waals surface area (Å²) in [6, 6.07) is 0. The van der Waals surface area contributed by atoms with Crippen LogP contribution in [0.3, 0.4) is 0 Å². The number of allylic oxidation sites excluding steroid dienone is 1. The summed E-state index contributed by atoms with van der Waals surface area (Å²) in [4.78, 5) is 0. The zero-order valence-electron chi connectivity index (χ0n) is 6.33. The number of hydrogen-bond donors (Lipinski definition) is 0. The topological polar surface area (TPSA) is 0 Å². The monoisotopic (exact) mass is 228 g/mol. The van der Waals surface area contributed by atoms with E-state index in [0.717, 1.165) is 0 Å². The maximum absolute atomic E-state index is 12.2. The van der Waals surface area contributed by atoms with Gasteiger partial charge in [0.05, 0.1) is 0 Å². The van der Waals surface area contributed by atoms with E-state index < -0.39 is 36.8 Å². The zero-order chi connectivity index (χ0) is 11.5. The van der Waals surface area contributed by atoms with E-state index in [1.54, 1.807) is 0 Å². The molecule has 0 saturated heterocycles. The second-order valence-electron chi connectivity index (χ2n) is 2.23. The molecule has 0 fully saturated rings. The van der Waals surface area contributed by atoms with Crippen molar-refractivity contribution in [2.24, 2.45) is 0 Å². The summed E-state index contributed by atoms with van der Waals surface area (Å²) in [5, 5.41) is 0. The average molecular weight is 228 g/mol. The third kappa shape index (κ3) is 3.15. The Balaban J connectivity index is 4.55. The molecule has 0 aromatic carbocycles. The Morgan fingerprint density at radius 2 is 1.14 bits per heavy atom. The first kappa shape index (κ1) is 13.2. The summed E-state index contributed by atoms with van der Waals surface area (Å²) >= 11 is 0. The summed E-state index contributed by atoms with van der Waals surface area (Å²) < 4.78 is 93.7. The molecule has 8 heteroatoms. The van der Waals surface area contributed by atoms with Gasteiger partial charge in [0, 0.05) is 0 Å². The van der Waals surface area contributed by atoms with Crippen LogP contribution >= 0.6 is 0 Å². The lowest BCUT2D eigenvalue weighted by Gasteiger charge is -2.14. The molecule has 0 amide bonds. The molecule has 0 nitrogen and oxygen atoms in total. The normalized spacial score (nSPS) is 17.8. The second kappa shape index (κ2) is 5.16. The molecule has 0 bridgehead atoms. The molecule has 0 radical (unpaired) electrons. The summed E-state index contributed by atoms with van der Waals surface area (Å²) in [6.45, 7) is 0. The average Bonchev–Trinajstić information content (AvgIpc) is 2.12. The van der Waals surface area contributed by atoms with Crippen LogP contribution in [0.1, 0.15) is 0 Å². The molecular formula is C6H4F8. The van der Waals surface area contributed by atoms with E-state index in [9.17, 15) is 35.1 Å². The standard InChI is InChI=1S/C6H4F8/c7-1(3(9)5(11)12)2(8)4(10)6(13)14/h1-3,5H. The molecule has 0 aliphatic heterocycles. The molecule has 0 aliphatic carbocycles. The van der Waals surface area contributed by atoms with Crippen LogP contribution in [-0.2, 0) is 0 Å². The van der Waals surface area contributed by atoms with Gasteiger partial charge >= 0.3 is 6.08 Å². The minimum atomic E-state index is -3.90. The maximum Gasteiger partial charge on any atom is 0.304 e. The highest BCUT2D eigenvalue weighted by Crippen LogP contribution is 2.26. The molecule has 0 rings (SSSR count). The third-order valence-corrected chi connectivity index (χ3v) is 1.25. The Kier molecular flexibility index (Phi) is 4.86. The van der Waals surface area contributed by atoms with E-state index in [1.807, 2.05) is 0 Å². The molecule has 0 heterocycles. The Morgan fingerprint density at radius 1 is 0.714 bits per heavy atom. The van der Waals surface area contributed by atoms with Gasteiger partial charge in [-0.15, -0.1) is 0 Å². The molecule has 0 spiro atoms. The predicted molar refractivity (Wildman–Crippen MR) is 31.0 cm³/mol. The fourth-order valence-corrected chi connectivity index (χ4v) is 0.544. The molecule has 0 N–H and O–H groups in total. The lowest BCUT2D eigenvalue weighted by atomic mass is 10.1. The summed E-state index contributed by atoms with van der Waals surface area (Å²) in [5.74, 6) is -2.87. The number of rotatable bonds is 4. The Hall–Kier alpha value is -0.820. The Bertz CT molecular complexity index is 208. The van der Waals surface area contributed by atoms with Gasteiger partial charge in [-0.05, 0) is 0 Å². The Morgan fingerprint density at radius 3 is 1.43 bits per heavy atom. The van der Waals surface area contributed by atoms with Crippen molar-refractivity contribution in [3.05, 3.63) is 11.9 Å². The van der Waals surface area contributed by atoms with Gasteiger partial charge in [0.25, 0.3) is 6.43 Å². The first-order chi connectivity index (χ1) is 6.29. The highest BCUT2D eigenvalue weighted by molar-refractivity contribution is 5.03. The van der Waals surface area contributed by atoms with Gasteiger partial charge in [0.2, 0.25) is 5.83 Å². The van der Waals surface area contributed by atoms with Crippen LogP contribution in [-0.4, -0.2) is 24.9 Å². The maximum atomic E-state index is 12.2. The van der Waals surface area contributed by atoms with Gasteiger partial charge in [-0.3, -0.25) is 0 Å². The molecule has 3 atom stereocenters. The molecule has 14 heavy (non-hydrogen) atoms. The van der Waals surface area contributed by atoms with Gasteiger partial charge < -0.3 is 0 Å². The molecule has 0 saturated carbocycles. The van der Waals surface area contributed by atoms with Crippen molar-refractivity contribution in [1.82, 2.24) is 0 Å². The molecule has 0 aromatic heterocycles. The van der Waals surface area contributed by atoms with E-state index in [4.69, 9.17) is 0 Å². The SMILES string of the molecule is FC(F)=C(F)C(F)C(F)C(F)C(F)F. The second-order valence-corrected chi connectivity index (χ2v) is 2.23. The molecule has 3 unspecified atom stereocenters. The van der Waals surface area contributed by atoms with Gasteiger partial charge in [0.15, 0.2) is 18.5 Å². The van der Waals surface area contributed by atoms with Gasteiger partial charge in [-0.25, -0.2) is 26.3 Å². The molecular weight excluding hydrogens is 224 g/mol. The van der Waals surface area contributed by atoms with Crippen LogP contribution in [0.2, 0.25) is 0 Å². The quantitative estimate of drug-likeness (QED) is 0.647. The van der Waals surface area contributed by atoms with E-state index >= 15 is 0 Å². The minimum absolute atomic E-state index is 2.87. The van der Waals surface area contributed by atoms with Gasteiger partial charge in [-0.1, -0.05) is 0 Å². The fraction of sp³-hybridized carbons (Fsp3) is 0.667. The molecule has 84 valence electrons. The summed E-state index contributed by atoms with van der Waals surface area (Å²) in [5.41, 5.74) is 0. The summed E-state index contributed by atoms with van der Waals surface area (Å²) in [6.07, 6.45) is -18.1. The van der Waals surface area contributed by atoms with Crippen LogP contribution in [0.15, 0.2) is 11.9 Å². The van der Waals surface area contributed by atoms with Crippen molar-refractivity contribution in [2.45, 2.75) is 24.9 Å². The zero-order valence-corrected chi connectivity index (χ0v) is 6.33. The first-order valence-corrected chi connectivity index (χ1v) is 3.20. The highest BCUT2D eigenvalue weighted by Gasteiger charge is 2.40. The van der Waals surface area contributed by atoms with Gasteiger partial charge in [0.1, 0.15) is 0 Å². The smallest absolute Gasteiger partial charge is 0.240 e. The van der Waals surface area contributed by atoms with Crippen molar-refractivity contribution < 1.29 is 35.1 Å². The number of alkyl halides is 5. The molecule has 0 aliphatic rings. The van der Waals surface area contributed by atoms with Crippen molar-refractivity contribution in [3.63, 3.8) is 0 Å². The third-order valence-electron chi connectivity index (χ3n) is 1.25. The van der Waals surface area contributed by atoms with Crippen LogP contribution < -0.4 is 0 Å². The lowest BCUT2D eigenvalue weighted by Crippen LogP contribution is -2.33. The number of halogens is 8. The van der Waals surface area contributed by atoms with E-state index in [2.05, 4.69) is 0 Å². The Labute approximate surface area is 73.2 Å². The summed E-state index contributed by atoms with van der Waals surface area (Å²) in [7, 11) is 0. The highest BCUT2D eigenvalue weighted by atomic mass is 19.3. The fourth-order valence-electron chi connectivity index (χ4n) is 0.544. The van der Waals surface area contributed by atoms with Crippen LogP contribution in [0.25, 0.3) is 0 Å². The van der Waals surface area contributed by atoms with Crippen molar-refractivity contribution in [3.8, 4) is 0 Å². The number of hydrogen-bond acceptors (Lipinski definition) is 0. The van der Waals surface area contributed by atoms with Crippen LogP contribution in [0.5, 0.6) is 0 Å². The lowest BCUT2D eigenvalue weighted by molar-refractivity contribution is -0.0209. The van der Waals surface area contributed by atoms with Crippen LogP contribution in [0, 0.1) is 0 Å². The van der Waals surface area contributed by atoms with E-state index in [1.165, 1.54) is 0 Å². The minimum Gasteiger partial charge on any atom is -0.240 e. The van der Waals surface area contributed by atoms with E-state index in [0.29, 0.717) is 0 Å². The van der Waals surface area contributed by atoms with Crippen LogP contribution in [0.4, 0.5) is 35.1 Å². The molecule has 0 aromatic rings. The van der Waals surface area contributed by atoms with E-state index in [-0.39, 0.29) is 0 Å². The van der Waals surface area contributed by atoms with Crippen molar-refractivity contribution >= 4 is 0 Å². The van der Waals surface area contributed by atoms with Crippen molar-refractivity contribution in [1.29, 1.82) is 0 Å². The predicted octanol–water partition coefficient (Wildman–Crippen LogP) is 3.34. The largest absolute Gasteiger partial charge is 0.304 e. The first-order valence-electron chi connectivity index (χ1n) is 3.20. The van der Waals surface area contributed by atoms with Crippen molar-refractivity contribution in [2.75, 3.05) is 0 Å². The van der Waals surface area contributed by atoms with Gasteiger partial charge in [-0.2, -0.15) is 8.78 Å².